The first kappa shape index (κ1) is 16.1. The van der Waals surface area contributed by atoms with Crippen molar-refractivity contribution in [1.82, 2.24) is 4.31 Å². The molecule has 0 saturated carbocycles. The van der Waals surface area contributed by atoms with E-state index in [-0.39, 0.29) is 22.8 Å². The van der Waals surface area contributed by atoms with Gasteiger partial charge in [0.2, 0.25) is 10.0 Å². The van der Waals surface area contributed by atoms with Crippen molar-refractivity contribution >= 4 is 15.8 Å². The van der Waals surface area contributed by atoms with E-state index in [0.29, 0.717) is 25.1 Å². The highest BCUT2D eigenvalue weighted by molar-refractivity contribution is 7.89. The number of carbonyl (C=O) groups is 1. The van der Waals surface area contributed by atoms with Crippen LogP contribution in [0.1, 0.15) is 37.6 Å². The summed E-state index contributed by atoms with van der Waals surface area (Å²) in [7, 11) is -3.61. The largest absolute Gasteiger partial charge is 0.375 e. The van der Waals surface area contributed by atoms with Gasteiger partial charge < -0.3 is 4.74 Å². The standard InChI is InChI=1S/C15H21NO4S/c1-4-14-10-20-11(2)9-16(14)21(18,19)15-7-5-6-13(8-15)12(3)17/h5-8,11,14H,4,9-10H2,1-3H3. The molecule has 1 aliphatic heterocycles. The molecule has 21 heavy (non-hydrogen) atoms. The van der Waals surface area contributed by atoms with Crippen molar-refractivity contribution < 1.29 is 17.9 Å². The zero-order valence-corrected chi connectivity index (χ0v) is 13.4. The molecule has 0 spiro atoms. The molecule has 2 unspecified atom stereocenters. The summed E-state index contributed by atoms with van der Waals surface area (Å²) in [5.41, 5.74) is 0.408. The summed E-state index contributed by atoms with van der Waals surface area (Å²) in [6.07, 6.45) is 0.566. The van der Waals surface area contributed by atoms with Crippen molar-refractivity contribution in [3.63, 3.8) is 0 Å². The number of benzene rings is 1. The molecule has 1 aliphatic rings. The summed E-state index contributed by atoms with van der Waals surface area (Å²) in [5.74, 6) is -0.144. The van der Waals surface area contributed by atoms with E-state index in [1.165, 1.54) is 23.4 Å². The Morgan fingerprint density at radius 3 is 2.76 bits per heavy atom. The molecule has 2 rings (SSSR count). The highest BCUT2D eigenvalue weighted by Crippen LogP contribution is 2.24. The first-order chi connectivity index (χ1) is 9.86. The van der Waals surface area contributed by atoms with Crippen LogP contribution in [0.15, 0.2) is 29.2 Å². The molecule has 5 nitrogen and oxygen atoms in total. The molecule has 1 heterocycles. The second kappa shape index (κ2) is 6.25. The van der Waals surface area contributed by atoms with Crippen LogP contribution in [0.5, 0.6) is 0 Å². The van der Waals surface area contributed by atoms with Crippen molar-refractivity contribution in [1.29, 1.82) is 0 Å². The number of sulfonamides is 1. The molecule has 2 atom stereocenters. The average molecular weight is 311 g/mol. The van der Waals surface area contributed by atoms with E-state index in [1.807, 2.05) is 13.8 Å². The Morgan fingerprint density at radius 2 is 2.14 bits per heavy atom. The minimum absolute atomic E-state index is 0.126. The topological polar surface area (TPSA) is 63.7 Å². The molecule has 1 fully saturated rings. The van der Waals surface area contributed by atoms with Gasteiger partial charge in [0.1, 0.15) is 0 Å². The van der Waals surface area contributed by atoms with Crippen molar-refractivity contribution in [3.05, 3.63) is 29.8 Å². The minimum Gasteiger partial charge on any atom is -0.375 e. The molecule has 0 aromatic heterocycles. The Labute approximate surface area is 126 Å². The number of nitrogens with zero attached hydrogens (tertiary/aromatic N) is 1. The van der Waals surface area contributed by atoms with Crippen LogP contribution in [0.4, 0.5) is 0 Å². The SMILES string of the molecule is CCC1COC(C)CN1S(=O)(=O)c1cccc(C(C)=O)c1. The van der Waals surface area contributed by atoms with E-state index in [1.54, 1.807) is 12.1 Å². The van der Waals surface area contributed by atoms with Crippen LogP contribution in [0.25, 0.3) is 0 Å². The van der Waals surface area contributed by atoms with E-state index in [0.717, 1.165) is 0 Å². The summed E-state index contributed by atoms with van der Waals surface area (Å²) in [6, 6.07) is 6.06. The highest BCUT2D eigenvalue weighted by atomic mass is 32.2. The monoisotopic (exact) mass is 311 g/mol. The van der Waals surface area contributed by atoms with Gasteiger partial charge in [-0.1, -0.05) is 19.1 Å². The normalized spacial score (nSPS) is 24.0. The lowest BCUT2D eigenvalue weighted by Gasteiger charge is -2.37. The predicted octanol–water partition coefficient (Wildman–Crippen LogP) is 2.08. The number of carbonyl (C=O) groups excluding carboxylic acids is 1. The zero-order chi connectivity index (χ0) is 15.6. The third-order valence-corrected chi connectivity index (χ3v) is 5.65. The van der Waals surface area contributed by atoms with Crippen LogP contribution in [0.2, 0.25) is 0 Å². The molecular weight excluding hydrogens is 290 g/mol. The van der Waals surface area contributed by atoms with Gasteiger partial charge in [-0.2, -0.15) is 4.31 Å². The van der Waals surface area contributed by atoms with E-state index >= 15 is 0 Å². The zero-order valence-electron chi connectivity index (χ0n) is 12.6. The third kappa shape index (κ3) is 3.33. The molecule has 1 saturated heterocycles. The molecule has 116 valence electrons. The van der Waals surface area contributed by atoms with Crippen LogP contribution in [-0.4, -0.2) is 43.8 Å². The Hall–Kier alpha value is -1.24. The second-order valence-electron chi connectivity index (χ2n) is 5.36. The molecule has 0 bridgehead atoms. The molecule has 0 radical (unpaired) electrons. The minimum atomic E-state index is -3.61. The van der Waals surface area contributed by atoms with Gasteiger partial charge in [-0.25, -0.2) is 8.42 Å². The quantitative estimate of drug-likeness (QED) is 0.799. The summed E-state index contributed by atoms with van der Waals surface area (Å²) in [4.78, 5) is 11.6. The lowest BCUT2D eigenvalue weighted by atomic mass is 10.2. The summed E-state index contributed by atoms with van der Waals surface area (Å²) >= 11 is 0. The number of rotatable bonds is 4. The van der Waals surface area contributed by atoms with Crippen LogP contribution in [0, 0.1) is 0 Å². The summed E-state index contributed by atoms with van der Waals surface area (Å²) in [6.45, 7) is 5.98. The fourth-order valence-electron chi connectivity index (χ4n) is 2.44. The Kier molecular flexibility index (Phi) is 4.81. The van der Waals surface area contributed by atoms with Gasteiger partial charge in [0.15, 0.2) is 5.78 Å². The highest BCUT2D eigenvalue weighted by Gasteiger charge is 2.35. The van der Waals surface area contributed by atoms with Crippen LogP contribution >= 0.6 is 0 Å². The fourth-order valence-corrected chi connectivity index (χ4v) is 4.25. The summed E-state index contributed by atoms with van der Waals surface area (Å²) in [5, 5.41) is 0. The van der Waals surface area contributed by atoms with Gasteiger partial charge in [-0.05, 0) is 32.4 Å². The average Bonchev–Trinajstić information content (AvgIpc) is 2.47. The molecular formula is C15H21NO4S. The predicted molar refractivity (Wildman–Crippen MR) is 79.8 cm³/mol. The first-order valence-corrected chi connectivity index (χ1v) is 8.54. The number of hydrogen-bond donors (Lipinski definition) is 0. The van der Waals surface area contributed by atoms with Crippen molar-refractivity contribution in [3.8, 4) is 0 Å². The number of hydrogen-bond acceptors (Lipinski definition) is 4. The molecule has 1 aromatic carbocycles. The first-order valence-electron chi connectivity index (χ1n) is 7.10. The molecule has 0 amide bonds. The molecule has 6 heteroatoms. The van der Waals surface area contributed by atoms with Crippen LogP contribution in [-0.2, 0) is 14.8 Å². The van der Waals surface area contributed by atoms with Gasteiger partial charge in [-0.15, -0.1) is 0 Å². The van der Waals surface area contributed by atoms with E-state index < -0.39 is 10.0 Å². The maximum Gasteiger partial charge on any atom is 0.243 e. The Balaban J connectivity index is 2.40. The molecule has 1 aromatic rings. The lowest BCUT2D eigenvalue weighted by molar-refractivity contribution is -0.0230. The maximum absolute atomic E-state index is 12.8. The summed E-state index contributed by atoms with van der Waals surface area (Å²) < 4.78 is 32.7. The number of ketones is 1. The van der Waals surface area contributed by atoms with Crippen LogP contribution in [0.3, 0.4) is 0 Å². The van der Waals surface area contributed by atoms with Crippen LogP contribution < -0.4 is 0 Å². The second-order valence-corrected chi connectivity index (χ2v) is 7.26. The van der Waals surface area contributed by atoms with E-state index in [4.69, 9.17) is 4.74 Å². The third-order valence-electron chi connectivity index (χ3n) is 3.74. The van der Waals surface area contributed by atoms with Gasteiger partial charge >= 0.3 is 0 Å². The Morgan fingerprint density at radius 1 is 1.43 bits per heavy atom. The van der Waals surface area contributed by atoms with Crippen molar-refractivity contribution in [2.24, 2.45) is 0 Å². The van der Waals surface area contributed by atoms with Gasteiger partial charge in [-0.3, -0.25) is 4.79 Å². The van der Waals surface area contributed by atoms with Crippen molar-refractivity contribution in [2.45, 2.75) is 44.2 Å². The molecule has 0 aliphatic carbocycles. The number of Topliss-reactive ketones (excluding diaryl/α,β-unsaturated/α-hetero) is 1. The Bertz CT molecular complexity index is 626. The smallest absolute Gasteiger partial charge is 0.243 e. The van der Waals surface area contributed by atoms with Gasteiger partial charge in [0.05, 0.1) is 17.6 Å². The number of morpholine rings is 1. The molecule has 0 N–H and O–H groups in total. The lowest BCUT2D eigenvalue weighted by Crippen LogP contribution is -2.51. The number of ether oxygens (including phenoxy) is 1. The fraction of sp³-hybridized carbons (Fsp3) is 0.533. The van der Waals surface area contributed by atoms with E-state index in [9.17, 15) is 13.2 Å². The van der Waals surface area contributed by atoms with Crippen molar-refractivity contribution in [2.75, 3.05) is 13.2 Å². The van der Waals surface area contributed by atoms with Gasteiger partial charge in [0.25, 0.3) is 0 Å². The maximum atomic E-state index is 12.8. The van der Waals surface area contributed by atoms with E-state index in [2.05, 4.69) is 0 Å². The van der Waals surface area contributed by atoms with Gasteiger partial charge in [0, 0.05) is 18.2 Å².